The first-order valence-electron chi connectivity index (χ1n) is 8.16. The van der Waals surface area contributed by atoms with Gasteiger partial charge < -0.3 is 24.9 Å². The summed E-state index contributed by atoms with van der Waals surface area (Å²) >= 11 is 3.36. The van der Waals surface area contributed by atoms with Crippen molar-refractivity contribution in [2.45, 2.75) is 19.8 Å². The van der Waals surface area contributed by atoms with Crippen molar-refractivity contribution in [1.82, 2.24) is 19.9 Å². The smallest absolute Gasteiger partial charge is 0.258 e. The van der Waals surface area contributed by atoms with Gasteiger partial charge in [-0.15, -0.1) is 0 Å². The fourth-order valence-corrected chi connectivity index (χ4v) is 3.58. The van der Waals surface area contributed by atoms with Crippen molar-refractivity contribution >= 4 is 15.9 Å². The summed E-state index contributed by atoms with van der Waals surface area (Å²) in [6, 6.07) is 4.87. The minimum absolute atomic E-state index is 0.186. The number of nitrogens with one attached hydrogen (secondary N) is 2. The number of aromatic amines is 2. The lowest BCUT2D eigenvalue weighted by Crippen LogP contribution is -2.26. The summed E-state index contributed by atoms with van der Waals surface area (Å²) in [4.78, 5) is 38.1. The Morgan fingerprint density at radius 3 is 1.89 bits per heavy atom. The number of ether oxygens (including phenoxy) is 1. The van der Waals surface area contributed by atoms with Crippen LogP contribution in [0.25, 0.3) is 0 Å². The van der Waals surface area contributed by atoms with E-state index < -0.39 is 28.8 Å². The van der Waals surface area contributed by atoms with Crippen molar-refractivity contribution in [2.24, 2.45) is 0 Å². The molecule has 0 saturated carbocycles. The van der Waals surface area contributed by atoms with Crippen molar-refractivity contribution in [3.8, 4) is 17.5 Å². The lowest BCUT2D eigenvalue weighted by molar-refractivity contribution is 0.411. The molecule has 1 aromatic carbocycles. The standard InChI is InChI=1S/C18H17BrN4O5/c1-7-20-15(24)13(16(25)21-7)12(9-4-5-11(28-3)10(19)6-9)14-17(26)22-8(2)23-18(14)27/h4-6,12H,1-3H3,(H2,20,21,24,25)(H2,22,23,26,27). The number of halogens is 1. The molecule has 3 aromatic rings. The van der Waals surface area contributed by atoms with Crippen molar-refractivity contribution in [3.63, 3.8) is 0 Å². The Balaban J connectivity index is 2.38. The lowest BCUT2D eigenvalue weighted by Gasteiger charge is -2.19. The van der Waals surface area contributed by atoms with E-state index >= 15 is 0 Å². The van der Waals surface area contributed by atoms with Crippen molar-refractivity contribution < 1.29 is 14.9 Å². The zero-order valence-electron chi connectivity index (χ0n) is 15.2. The van der Waals surface area contributed by atoms with E-state index in [1.807, 2.05) is 0 Å². The van der Waals surface area contributed by atoms with Gasteiger partial charge in [-0.05, 0) is 47.5 Å². The highest BCUT2D eigenvalue weighted by Crippen LogP contribution is 2.38. The Morgan fingerprint density at radius 1 is 1.00 bits per heavy atom. The Kier molecular flexibility index (Phi) is 5.23. The molecule has 3 rings (SSSR count). The van der Waals surface area contributed by atoms with E-state index in [0.29, 0.717) is 15.8 Å². The van der Waals surface area contributed by atoms with Gasteiger partial charge in [-0.3, -0.25) is 9.59 Å². The van der Waals surface area contributed by atoms with E-state index in [2.05, 4.69) is 35.9 Å². The third-order valence-corrected chi connectivity index (χ3v) is 4.81. The molecule has 146 valence electrons. The van der Waals surface area contributed by atoms with Crippen LogP contribution in [0.5, 0.6) is 17.5 Å². The molecule has 0 aliphatic rings. The van der Waals surface area contributed by atoms with Crippen LogP contribution >= 0.6 is 15.9 Å². The predicted molar refractivity (Wildman–Crippen MR) is 104 cm³/mol. The number of rotatable bonds is 4. The molecular formula is C18H17BrN4O5. The molecule has 2 heterocycles. The van der Waals surface area contributed by atoms with E-state index in [1.165, 1.54) is 21.0 Å². The van der Waals surface area contributed by atoms with Crippen LogP contribution in [0.4, 0.5) is 0 Å². The van der Waals surface area contributed by atoms with E-state index in [4.69, 9.17) is 4.74 Å². The second-order valence-corrected chi connectivity index (χ2v) is 6.96. The molecule has 9 nitrogen and oxygen atoms in total. The molecule has 0 spiro atoms. The summed E-state index contributed by atoms with van der Waals surface area (Å²) in [6.07, 6.45) is 0. The molecule has 10 heteroatoms. The van der Waals surface area contributed by atoms with Gasteiger partial charge in [-0.2, -0.15) is 0 Å². The summed E-state index contributed by atoms with van der Waals surface area (Å²) in [6.45, 7) is 3.03. The van der Waals surface area contributed by atoms with Crippen LogP contribution in [0, 0.1) is 13.8 Å². The third kappa shape index (κ3) is 3.50. The summed E-state index contributed by atoms with van der Waals surface area (Å²) in [7, 11) is 1.50. The summed E-state index contributed by atoms with van der Waals surface area (Å²) < 4.78 is 5.77. The van der Waals surface area contributed by atoms with Gasteiger partial charge in [0, 0.05) is 0 Å². The maximum atomic E-state index is 12.6. The number of benzene rings is 1. The van der Waals surface area contributed by atoms with Crippen LogP contribution < -0.4 is 15.9 Å². The molecule has 28 heavy (non-hydrogen) atoms. The quantitative estimate of drug-likeness (QED) is 0.476. The van der Waals surface area contributed by atoms with Gasteiger partial charge in [0.15, 0.2) is 0 Å². The Hall–Kier alpha value is -3.14. The van der Waals surface area contributed by atoms with Crippen LogP contribution in [0.15, 0.2) is 32.3 Å². The molecule has 0 saturated heterocycles. The maximum absolute atomic E-state index is 12.6. The zero-order valence-corrected chi connectivity index (χ0v) is 16.8. The number of H-pyrrole nitrogens is 2. The zero-order chi connectivity index (χ0) is 20.6. The molecule has 0 amide bonds. The maximum Gasteiger partial charge on any atom is 0.258 e. The van der Waals surface area contributed by atoms with Gasteiger partial charge in [0.25, 0.3) is 11.1 Å². The van der Waals surface area contributed by atoms with E-state index in [-0.39, 0.29) is 22.8 Å². The molecule has 4 N–H and O–H groups in total. The van der Waals surface area contributed by atoms with Gasteiger partial charge in [0.1, 0.15) is 17.4 Å². The highest BCUT2D eigenvalue weighted by Gasteiger charge is 2.31. The number of aromatic nitrogens is 4. The van der Waals surface area contributed by atoms with Crippen LogP contribution in [-0.2, 0) is 0 Å². The number of hydrogen-bond donors (Lipinski definition) is 4. The van der Waals surface area contributed by atoms with Crippen molar-refractivity contribution in [1.29, 1.82) is 0 Å². The minimum Gasteiger partial charge on any atom is -0.496 e. The number of aromatic hydroxyl groups is 2. The SMILES string of the molecule is COc1ccc(C(c2c(O)nc(C)[nH]c2=O)c2c(O)nc(C)[nH]c2=O)cc1Br. The van der Waals surface area contributed by atoms with Gasteiger partial charge in [-0.25, -0.2) is 9.97 Å². The third-order valence-electron chi connectivity index (χ3n) is 4.19. The fraction of sp³-hybridized carbons (Fsp3) is 0.222. The molecule has 0 fully saturated rings. The number of nitrogens with zero attached hydrogens (tertiary/aromatic N) is 2. The first-order valence-corrected chi connectivity index (χ1v) is 8.95. The monoisotopic (exact) mass is 448 g/mol. The molecule has 2 aromatic heterocycles. The van der Waals surface area contributed by atoms with Crippen LogP contribution in [0.1, 0.15) is 34.3 Å². The highest BCUT2D eigenvalue weighted by molar-refractivity contribution is 9.10. The van der Waals surface area contributed by atoms with Gasteiger partial charge in [-0.1, -0.05) is 6.07 Å². The molecular weight excluding hydrogens is 432 g/mol. The molecule has 0 bridgehead atoms. The van der Waals surface area contributed by atoms with Gasteiger partial charge >= 0.3 is 0 Å². The topological polar surface area (TPSA) is 141 Å². The average Bonchev–Trinajstić information content (AvgIpc) is 2.58. The summed E-state index contributed by atoms with van der Waals surface area (Å²) in [5.41, 5.74) is -1.21. The Labute approximate surface area is 167 Å². The molecule has 0 radical (unpaired) electrons. The average molecular weight is 449 g/mol. The van der Waals surface area contributed by atoms with E-state index in [9.17, 15) is 19.8 Å². The molecule has 0 atom stereocenters. The summed E-state index contributed by atoms with van der Waals surface area (Å²) in [5, 5.41) is 20.8. The lowest BCUT2D eigenvalue weighted by atomic mass is 9.87. The van der Waals surface area contributed by atoms with Crippen molar-refractivity contribution in [3.05, 3.63) is 71.7 Å². The molecule has 0 aliphatic carbocycles. The molecule has 0 unspecified atom stereocenters. The Bertz CT molecular complexity index is 1110. The van der Waals surface area contributed by atoms with Crippen LogP contribution in [0.2, 0.25) is 0 Å². The number of hydrogen-bond acceptors (Lipinski definition) is 7. The Morgan fingerprint density at radius 2 is 1.50 bits per heavy atom. The summed E-state index contributed by atoms with van der Waals surface area (Å²) in [5.74, 6) is -1.27. The highest BCUT2D eigenvalue weighted by atomic mass is 79.9. The largest absolute Gasteiger partial charge is 0.496 e. The minimum atomic E-state index is -1.13. The fourth-order valence-electron chi connectivity index (χ4n) is 3.02. The first kappa shape index (κ1) is 19.6. The van der Waals surface area contributed by atoms with Crippen LogP contribution in [-0.4, -0.2) is 37.3 Å². The second kappa shape index (κ2) is 7.47. The first-order chi connectivity index (χ1) is 13.2. The second-order valence-electron chi connectivity index (χ2n) is 6.10. The number of methoxy groups -OCH3 is 1. The van der Waals surface area contributed by atoms with E-state index in [1.54, 1.807) is 18.2 Å². The van der Waals surface area contributed by atoms with Crippen molar-refractivity contribution in [2.75, 3.05) is 7.11 Å². The van der Waals surface area contributed by atoms with Crippen LogP contribution in [0.3, 0.4) is 0 Å². The predicted octanol–water partition coefficient (Wildman–Crippen LogP) is 1.83. The van der Waals surface area contributed by atoms with Gasteiger partial charge in [0.05, 0.1) is 28.6 Å². The molecule has 0 aliphatic heterocycles. The number of aryl methyl sites for hydroxylation is 2. The normalized spacial score (nSPS) is 11.0. The van der Waals surface area contributed by atoms with E-state index in [0.717, 1.165) is 0 Å². The van der Waals surface area contributed by atoms with Gasteiger partial charge in [0.2, 0.25) is 11.8 Å².